The molecule has 4 aromatic rings. The number of carboxylic acids is 1. The second-order valence-electron chi connectivity index (χ2n) is 18.4. The fraction of sp³-hybridized carbons (Fsp3) is 0.370. The lowest BCUT2D eigenvalue weighted by molar-refractivity contribution is -0.134. The number of fused-ring (bicyclic) bond motifs is 3. The second-order valence-corrected chi connectivity index (χ2v) is 18.4. The van der Waals surface area contributed by atoms with Gasteiger partial charge in [-0.3, -0.25) is 33.8 Å². The molecule has 374 valence electrons. The Labute approximate surface area is 413 Å². The summed E-state index contributed by atoms with van der Waals surface area (Å²) in [6, 6.07) is 18.1. The Hall–Kier alpha value is -7.82. The smallest absolute Gasteiger partial charge is 0.336 e. The van der Waals surface area contributed by atoms with Crippen molar-refractivity contribution in [3.63, 3.8) is 0 Å². The van der Waals surface area contributed by atoms with Crippen LogP contribution >= 0.6 is 0 Å². The first kappa shape index (κ1) is 52.5. The summed E-state index contributed by atoms with van der Waals surface area (Å²) in [6.07, 6.45) is 8.14. The molecule has 8 N–H and O–H groups in total. The van der Waals surface area contributed by atoms with Gasteiger partial charge < -0.3 is 46.7 Å². The molecule has 4 amide bonds. The van der Waals surface area contributed by atoms with Gasteiger partial charge in [0.15, 0.2) is 5.78 Å². The Morgan fingerprint density at radius 1 is 0.761 bits per heavy atom. The van der Waals surface area contributed by atoms with Crippen LogP contribution in [0.3, 0.4) is 0 Å². The number of ketones is 2. The minimum atomic E-state index is -1.11. The van der Waals surface area contributed by atoms with E-state index in [2.05, 4.69) is 20.6 Å². The van der Waals surface area contributed by atoms with Crippen LogP contribution in [0, 0.1) is 11.8 Å². The number of aromatic amines is 1. The van der Waals surface area contributed by atoms with Crippen LogP contribution in [0.5, 0.6) is 11.5 Å². The Balaban J connectivity index is 1.10. The number of nitrogens with zero attached hydrogens (tertiary/aromatic N) is 3. The fourth-order valence-corrected chi connectivity index (χ4v) is 8.86. The van der Waals surface area contributed by atoms with Gasteiger partial charge in [-0.1, -0.05) is 30.7 Å². The van der Waals surface area contributed by atoms with Crippen LogP contribution in [0.4, 0.5) is 11.4 Å². The van der Waals surface area contributed by atoms with Crippen LogP contribution in [0.1, 0.15) is 80.9 Å². The number of aromatic nitrogens is 1. The zero-order valence-corrected chi connectivity index (χ0v) is 41.0. The quantitative estimate of drug-likeness (QED) is 0.0373. The summed E-state index contributed by atoms with van der Waals surface area (Å²) in [4.78, 5) is 102. The molecule has 71 heavy (non-hydrogen) atoms. The van der Waals surface area contributed by atoms with E-state index in [1.165, 1.54) is 7.05 Å². The molecule has 2 aliphatic rings. The third-order valence-electron chi connectivity index (χ3n) is 12.8. The van der Waals surface area contributed by atoms with E-state index in [1.807, 2.05) is 98.7 Å². The number of primary amides is 2. The average Bonchev–Trinajstić information content (AvgIpc) is 3.75. The predicted octanol–water partition coefficient (Wildman–Crippen LogP) is 5.95. The van der Waals surface area contributed by atoms with Crippen molar-refractivity contribution in [3.8, 4) is 11.5 Å². The molecule has 0 radical (unpaired) electrons. The number of anilines is 2. The number of benzene rings is 3. The molecule has 3 aromatic carbocycles. The first-order valence-corrected chi connectivity index (χ1v) is 23.9. The van der Waals surface area contributed by atoms with Crippen LogP contribution < -0.4 is 36.6 Å². The third kappa shape index (κ3) is 13.7. The standard InChI is InChI=1S/C54H64N8O9/c1-57-52(67)33(15-23-50(56)66)27-46(64)45(26-34-31-59-44-13-9-8-12-39(34)44)60-53(68)32(14-22-49(55)65)25-38(63)11-7-6-10-24-58-35-16-19-40(43(28-35)54(69)70)51-41-20-17-36(61(2)3)29-47(41)71-48-30-37(62(4)5)18-21-42(48)51/h8-9,12-13,16-21,28-33,45,59H,6-7,10-11,14-15,22-27H2,1-5H3,(H2,55,65)(H2,56,66)(H,57,67)(H,60,68)(H,69,70)/t32-,33-,45+/m1/s1. The van der Waals surface area contributed by atoms with Gasteiger partial charge in [-0.05, 0) is 79.3 Å². The number of nitrogens with one attached hydrogen (secondary N) is 3. The molecule has 0 spiro atoms. The summed E-state index contributed by atoms with van der Waals surface area (Å²) in [5.74, 6) is -4.67. The van der Waals surface area contributed by atoms with Crippen LogP contribution in [0.15, 0.2) is 101 Å². The minimum absolute atomic E-state index is 0.0167. The lowest BCUT2D eigenvalue weighted by Gasteiger charge is -2.28. The van der Waals surface area contributed by atoms with Gasteiger partial charge in [0, 0.05) is 149 Å². The van der Waals surface area contributed by atoms with Crippen LogP contribution in [0.2, 0.25) is 0 Å². The zero-order valence-electron chi connectivity index (χ0n) is 41.0. The molecule has 1 aliphatic heterocycles. The molecule has 0 saturated carbocycles. The maximum Gasteiger partial charge on any atom is 0.336 e. The molecule has 1 aromatic heterocycles. The topological polar surface area (TPSA) is 260 Å². The van der Waals surface area contributed by atoms with Crippen LogP contribution in [-0.4, -0.2) is 105 Å². The molecular formula is C54H64N8O9. The molecule has 17 heteroatoms. The van der Waals surface area contributed by atoms with Crippen molar-refractivity contribution < 1.29 is 43.4 Å². The number of rotatable bonds is 25. The molecule has 6 rings (SSSR count). The summed E-state index contributed by atoms with van der Waals surface area (Å²) in [5, 5.41) is 16.7. The molecule has 0 bridgehead atoms. The van der Waals surface area contributed by atoms with Crippen molar-refractivity contribution in [2.45, 2.75) is 76.7 Å². The molecular weight excluding hydrogens is 905 g/mol. The number of hydrogen-bond donors (Lipinski definition) is 6. The number of para-hydroxylation sites is 1. The normalized spacial score (nSPS) is 14.6. The van der Waals surface area contributed by atoms with Crippen LogP contribution in [-0.2, 0) is 40.0 Å². The Kier molecular flexibility index (Phi) is 17.9. The number of aliphatic imine (C=N–C) groups is 1. The van der Waals surface area contributed by atoms with E-state index in [-0.39, 0.29) is 62.7 Å². The van der Waals surface area contributed by atoms with Gasteiger partial charge in [-0.25, -0.2) is 4.79 Å². The summed E-state index contributed by atoms with van der Waals surface area (Å²) >= 11 is 0. The van der Waals surface area contributed by atoms with Gasteiger partial charge >= 0.3 is 5.97 Å². The lowest BCUT2D eigenvalue weighted by Crippen LogP contribution is -2.46. The predicted molar refractivity (Wildman–Crippen MR) is 274 cm³/mol. The van der Waals surface area contributed by atoms with E-state index < -0.39 is 53.3 Å². The van der Waals surface area contributed by atoms with E-state index in [0.717, 1.165) is 44.5 Å². The molecule has 3 atom stereocenters. The molecule has 1 aliphatic carbocycles. The van der Waals surface area contributed by atoms with Crippen LogP contribution in [0.25, 0.3) is 16.5 Å². The summed E-state index contributed by atoms with van der Waals surface area (Å²) < 4.78 is 6.43. The number of carboxylic acid groups (broad SMARTS) is 1. The monoisotopic (exact) mass is 968 g/mol. The number of hydrogen-bond acceptors (Lipinski definition) is 11. The number of unbranched alkanes of at least 4 members (excludes halogenated alkanes) is 2. The van der Waals surface area contributed by atoms with E-state index >= 15 is 0 Å². The number of allylic oxidation sites excluding steroid dienone is 3. The third-order valence-corrected chi connectivity index (χ3v) is 12.8. The lowest BCUT2D eigenvalue weighted by atomic mass is 9.84. The van der Waals surface area contributed by atoms with Gasteiger partial charge in [0.1, 0.15) is 17.3 Å². The maximum absolute atomic E-state index is 14.0. The number of carbonyl (C=O) groups is 7. The van der Waals surface area contributed by atoms with Crippen molar-refractivity contribution >= 4 is 74.7 Å². The summed E-state index contributed by atoms with van der Waals surface area (Å²) in [7, 11) is 9.19. The number of nitrogens with two attached hydrogens (primary N) is 2. The SMILES string of the molecule is CNC(=O)[C@H](CCC(N)=O)CC(=O)[C@H](Cc1c[nH]c2ccccc12)NC(=O)[C@H](CCC(N)=O)CC(=O)CCCCCN=C1C=CC(=C2c3ccc(N(C)C)cc3Oc3cc(N(C)C)ccc32)C(C(=O)O)=C1. The van der Waals surface area contributed by atoms with Crippen molar-refractivity contribution in [3.05, 3.63) is 113 Å². The van der Waals surface area contributed by atoms with Crippen molar-refractivity contribution in [2.24, 2.45) is 28.3 Å². The molecule has 0 saturated heterocycles. The first-order chi connectivity index (χ1) is 33.9. The fourth-order valence-electron chi connectivity index (χ4n) is 8.86. The number of aliphatic carboxylic acids is 1. The molecule has 0 fully saturated rings. The first-order valence-electron chi connectivity index (χ1n) is 23.9. The number of amides is 4. The highest BCUT2D eigenvalue weighted by molar-refractivity contribution is 6.15. The highest BCUT2D eigenvalue weighted by Crippen LogP contribution is 2.48. The molecule has 0 unspecified atom stereocenters. The highest BCUT2D eigenvalue weighted by Gasteiger charge is 2.32. The average molecular weight is 969 g/mol. The highest BCUT2D eigenvalue weighted by atomic mass is 16.5. The number of Topliss-reactive ketones (excluding diaryl/α,β-unsaturated/α-hetero) is 2. The van der Waals surface area contributed by atoms with Crippen molar-refractivity contribution in [2.75, 3.05) is 51.6 Å². The molecule has 17 nitrogen and oxygen atoms in total. The van der Waals surface area contributed by atoms with E-state index in [0.29, 0.717) is 48.6 Å². The van der Waals surface area contributed by atoms with Gasteiger partial charge in [-0.2, -0.15) is 0 Å². The zero-order chi connectivity index (χ0) is 51.4. The number of ether oxygens (including phenoxy) is 1. The van der Waals surface area contributed by atoms with Gasteiger partial charge in [0.05, 0.1) is 17.3 Å². The Bertz CT molecular complexity index is 2760. The summed E-state index contributed by atoms with van der Waals surface area (Å²) in [5.41, 5.74) is 17.7. The minimum Gasteiger partial charge on any atom is -0.478 e. The molecule has 2 heterocycles. The number of carbonyl (C=O) groups excluding carboxylic acids is 6. The number of H-pyrrole nitrogens is 1. The second kappa shape index (κ2) is 24.1. The maximum atomic E-state index is 14.0. The Morgan fingerprint density at radius 2 is 1.38 bits per heavy atom. The van der Waals surface area contributed by atoms with E-state index in [4.69, 9.17) is 16.2 Å². The summed E-state index contributed by atoms with van der Waals surface area (Å²) in [6.45, 7) is 0.377. The van der Waals surface area contributed by atoms with E-state index in [1.54, 1.807) is 24.4 Å². The Morgan fingerprint density at radius 3 is 1.97 bits per heavy atom. The van der Waals surface area contributed by atoms with Gasteiger partial charge in [0.2, 0.25) is 23.6 Å². The van der Waals surface area contributed by atoms with Crippen molar-refractivity contribution in [1.29, 1.82) is 0 Å². The van der Waals surface area contributed by atoms with Gasteiger partial charge in [0.25, 0.3) is 0 Å². The largest absolute Gasteiger partial charge is 0.478 e. The van der Waals surface area contributed by atoms with Crippen molar-refractivity contribution in [1.82, 2.24) is 15.6 Å². The van der Waals surface area contributed by atoms with E-state index in [9.17, 15) is 38.7 Å². The van der Waals surface area contributed by atoms with Gasteiger partial charge in [-0.15, -0.1) is 0 Å².